The predicted molar refractivity (Wildman–Crippen MR) is 122 cm³/mol. The third-order valence-corrected chi connectivity index (χ3v) is 5.69. The average Bonchev–Trinajstić information content (AvgIpc) is 2.84. The molecule has 1 aliphatic rings. The zero-order valence-corrected chi connectivity index (χ0v) is 18.0. The number of methoxy groups -OCH3 is 2. The van der Waals surface area contributed by atoms with Gasteiger partial charge in [-0.3, -0.25) is 4.90 Å². The average molecular weight is 429 g/mol. The topological polar surface area (TPSA) is 61.1 Å². The smallest absolute Gasteiger partial charge is 0.344 e. The first kappa shape index (κ1) is 20.2. The monoisotopic (exact) mass is 429 g/mol. The zero-order chi connectivity index (χ0) is 22.1. The van der Waals surface area contributed by atoms with Crippen molar-refractivity contribution in [1.82, 2.24) is 4.90 Å². The van der Waals surface area contributed by atoms with Gasteiger partial charge in [-0.1, -0.05) is 30.3 Å². The highest BCUT2D eigenvalue weighted by atomic mass is 16.5. The second-order valence-electron chi connectivity index (χ2n) is 7.72. The maximum absolute atomic E-state index is 13.0. The molecule has 0 unspecified atom stereocenters. The van der Waals surface area contributed by atoms with E-state index in [0.717, 1.165) is 23.2 Å². The molecular formula is C26H23NO5. The lowest BCUT2D eigenvalue weighted by molar-refractivity contribution is 0.0890. The molecule has 0 N–H and O–H groups in total. The van der Waals surface area contributed by atoms with Gasteiger partial charge in [0.2, 0.25) is 0 Å². The Balaban J connectivity index is 1.56. The van der Waals surface area contributed by atoms with Crippen LogP contribution in [0.5, 0.6) is 17.2 Å². The highest BCUT2D eigenvalue weighted by molar-refractivity contribution is 5.87. The number of hydrogen-bond donors (Lipinski definition) is 0. The molecular weight excluding hydrogens is 406 g/mol. The van der Waals surface area contributed by atoms with E-state index < -0.39 is 5.63 Å². The van der Waals surface area contributed by atoms with Crippen molar-refractivity contribution in [3.63, 3.8) is 0 Å². The molecule has 6 nitrogen and oxygen atoms in total. The third-order valence-electron chi connectivity index (χ3n) is 5.69. The molecule has 3 aromatic carbocycles. The Labute approximate surface area is 185 Å². The Morgan fingerprint density at radius 3 is 2.56 bits per heavy atom. The molecule has 4 aromatic rings. The van der Waals surface area contributed by atoms with Gasteiger partial charge in [-0.15, -0.1) is 0 Å². The second-order valence-corrected chi connectivity index (χ2v) is 7.72. The molecule has 1 aliphatic heterocycles. The maximum atomic E-state index is 13.0. The van der Waals surface area contributed by atoms with Gasteiger partial charge in [0.1, 0.15) is 29.6 Å². The van der Waals surface area contributed by atoms with Crippen LogP contribution in [0.3, 0.4) is 0 Å². The molecule has 0 saturated heterocycles. The van der Waals surface area contributed by atoms with Crippen LogP contribution in [-0.4, -0.2) is 25.9 Å². The summed E-state index contributed by atoms with van der Waals surface area (Å²) in [5.41, 5.74) is 3.25. The Kier molecular flexibility index (Phi) is 5.29. The van der Waals surface area contributed by atoms with Crippen LogP contribution < -0.4 is 19.8 Å². The fourth-order valence-corrected chi connectivity index (χ4v) is 4.09. The van der Waals surface area contributed by atoms with Gasteiger partial charge in [0, 0.05) is 24.0 Å². The van der Waals surface area contributed by atoms with Gasteiger partial charge in [0.15, 0.2) is 0 Å². The zero-order valence-electron chi connectivity index (χ0n) is 18.0. The number of ether oxygens (including phenoxy) is 3. The maximum Gasteiger partial charge on any atom is 0.344 e. The molecule has 0 radical (unpaired) electrons. The summed E-state index contributed by atoms with van der Waals surface area (Å²) in [7, 11) is 3.16. The van der Waals surface area contributed by atoms with Crippen LogP contribution in [0.2, 0.25) is 0 Å². The van der Waals surface area contributed by atoms with Crippen molar-refractivity contribution >= 4 is 11.0 Å². The molecule has 5 rings (SSSR count). The third kappa shape index (κ3) is 3.69. The minimum absolute atomic E-state index is 0.422. The lowest BCUT2D eigenvalue weighted by atomic mass is 10.0. The minimum Gasteiger partial charge on any atom is -0.497 e. The van der Waals surface area contributed by atoms with Gasteiger partial charge in [-0.2, -0.15) is 0 Å². The van der Waals surface area contributed by atoms with E-state index in [9.17, 15) is 4.79 Å². The predicted octanol–water partition coefficient (Wildman–Crippen LogP) is 4.83. The van der Waals surface area contributed by atoms with E-state index in [2.05, 4.69) is 17.0 Å². The first-order valence-electron chi connectivity index (χ1n) is 10.4. The van der Waals surface area contributed by atoms with Crippen molar-refractivity contribution in [3.05, 3.63) is 88.3 Å². The quantitative estimate of drug-likeness (QED) is 0.424. The summed E-state index contributed by atoms with van der Waals surface area (Å²) < 4.78 is 22.6. The van der Waals surface area contributed by atoms with E-state index in [1.807, 2.05) is 36.4 Å². The van der Waals surface area contributed by atoms with Crippen LogP contribution in [0.4, 0.5) is 0 Å². The van der Waals surface area contributed by atoms with Crippen molar-refractivity contribution in [2.24, 2.45) is 0 Å². The second kappa shape index (κ2) is 8.40. The summed E-state index contributed by atoms with van der Waals surface area (Å²) >= 11 is 0. The summed E-state index contributed by atoms with van der Waals surface area (Å²) in [4.78, 5) is 15.2. The summed E-state index contributed by atoms with van der Waals surface area (Å²) in [5, 5.41) is 0.827. The summed E-state index contributed by atoms with van der Waals surface area (Å²) in [6.07, 6.45) is 0. The minimum atomic E-state index is -0.433. The van der Waals surface area contributed by atoms with Crippen LogP contribution >= 0.6 is 0 Å². The van der Waals surface area contributed by atoms with Crippen LogP contribution in [-0.2, 0) is 13.1 Å². The largest absolute Gasteiger partial charge is 0.497 e. The van der Waals surface area contributed by atoms with Crippen molar-refractivity contribution in [2.45, 2.75) is 13.1 Å². The van der Waals surface area contributed by atoms with Crippen LogP contribution in [0.1, 0.15) is 11.1 Å². The molecule has 1 aromatic heterocycles. The van der Waals surface area contributed by atoms with Crippen molar-refractivity contribution in [2.75, 3.05) is 21.0 Å². The molecule has 0 spiro atoms. The molecule has 0 bridgehead atoms. The fourth-order valence-electron chi connectivity index (χ4n) is 4.09. The van der Waals surface area contributed by atoms with Gasteiger partial charge in [-0.05, 0) is 42.0 Å². The van der Waals surface area contributed by atoms with Crippen molar-refractivity contribution in [1.29, 1.82) is 0 Å². The van der Waals surface area contributed by atoms with Crippen LogP contribution in [0.25, 0.3) is 22.1 Å². The normalized spacial score (nSPS) is 13.4. The van der Waals surface area contributed by atoms with Crippen LogP contribution in [0.15, 0.2) is 75.9 Å². The molecule has 0 fully saturated rings. The molecule has 32 heavy (non-hydrogen) atoms. The number of rotatable bonds is 5. The fraction of sp³-hybridized carbons (Fsp3) is 0.192. The highest BCUT2D eigenvalue weighted by Gasteiger charge is 2.23. The van der Waals surface area contributed by atoms with E-state index in [-0.39, 0.29) is 0 Å². The highest BCUT2D eigenvalue weighted by Crippen LogP contribution is 2.36. The van der Waals surface area contributed by atoms with E-state index in [1.165, 1.54) is 5.56 Å². The number of nitrogens with zero attached hydrogens (tertiary/aromatic N) is 1. The van der Waals surface area contributed by atoms with Crippen molar-refractivity contribution in [3.8, 4) is 28.4 Å². The summed E-state index contributed by atoms with van der Waals surface area (Å²) in [5.74, 6) is 1.96. The van der Waals surface area contributed by atoms with E-state index in [0.29, 0.717) is 41.5 Å². The number of fused-ring (bicyclic) bond motifs is 3. The van der Waals surface area contributed by atoms with Gasteiger partial charge in [0.05, 0.1) is 25.3 Å². The Bertz CT molecular complexity index is 1330. The Morgan fingerprint density at radius 2 is 1.78 bits per heavy atom. The van der Waals surface area contributed by atoms with Gasteiger partial charge >= 0.3 is 5.63 Å². The van der Waals surface area contributed by atoms with E-state index in [4.69, 9.17) is 18.6 Å². The Hall–Kier alpha value is -3.77. The number of benzene rings is 3. The van der Waals surface area contributed by atoms with E-state index in [1.54, 1.807) is 32.4 Å². The molecule has 162 valence electrons. The first-order valence-corrected chi connectivity index (χ1v) is 10.4. The molecule has 0 saturated carbocycles. The summed E-state index contributed by atoms with van der Waals surface area (Å²) in [6, 6.07) is 21.3. The van der Waals surface area contributed by atoms with E-state index >= 15 is 0 Å². The molecule has 0 atom stereocenters. The lowest BCUT2D eigenvalue weighted by Gasteiger charge is -2.29. The van der Waals surface area contributed by atoms with Gasteiger partial charge in [-0.25, -0.2) is 4.79 Å². The van der Waals surface area contributed by atoms with Gasteiger partial charge < -0.3 is 18.6 Å². The molecule has 0 amide bonds. The number of hydrogen-bond acceptors (Lipinski definition) is 6. The SMILES string of the molecule is COc1ccc(OC)c(-c2cc3ccc4c(c3oc2=O)CN(Cc2ccccc2)CO4)c1. The molecule has 2 heterocycles. The van der Waals surface area contributed by atoms with Crippen molar-refractivity contribution < 1.29 is 18.6 Å². The summed E-state index contributed by atoms with van der Waals surface area (Å²) in [6.45, 7) is 1.86. The van der Waals surface area contributed by atoms with Gasteiger partial charge in [0.25, 0.3) is 0 Å². The lowest BCUT2D eigenvalue weighted by Crippen LogP contribution is -2.31. The van der Waals surface area contributed by atoms with Crippen LogP contribution in [0, 0.1) is 0 Å². The molecule has 6 heteroatoms. The molecule has 0 aliphatic carbocycles. The Morgan fingerprint density at radius 1 is 0.938 bits per heavy atom. The first-order chi connectivity index (χ1) is 15.7. The standard InChI is InChI=1S/C26H23NO5/c1-29-19-9-11-23(30-2)20(13-19)21-12-18-8-10-24-22(25(18)32-26(21)28)15-27(16-31-24)14-17-6-4-3-5-7-17/h3-13H,14-16H2,1-2H3.